The van der Waals surface area contributed by atoms with Crippen LogP contribution >= 0.6 is 0 Å². The van der Waals surface area contributed by atoms with E-state index in [0.717, 1.165) is 17.7 Å². The number of carbonyl (C=O) groups is 2. The molecule has 1 aromatic heterocycles. The second-order valence-corrected chi connectivity index (χ2v) is 5.69. The second kappa shape index (κ2) is 5.85. The summed E-state index contributed by atoms with van der Waals surface area (Å²) in [5, 5.41) is 18.9. The SMILES string of the molecule is O=C(NC1CCC(C(=O)O)CC1)c1n[nH]c2c1COCC2. The Kier molecular flexibility index (Phi) is 3.92. The van der Waals surface area contributed by atoms with E-state index in [9.17, 15) is 9.59 Å². The highest BCUT2D eigenvalue weighted by Crippen LogP contribution is 2.25. The Balaban J connectivity index is 1.60. The topological polar surface area (TPSA) is 104 Å². The normalized spacial score (nSPS) is 25.1. The number of fused-ring (bicyclic) bond motifs is 1. The van der Waals surface area contributed by atoms with Crippen LogP contribution < -0.4 is 5.32 Å². The van der Waals surface area contributed by atoms with Gasteiger partial charge in [0.2, 0.25) is 0 Å². The summed E-state index contributed by atoms with van der Waals surface area (Å²) >= 11 is 0. The Morgan fingerprint density at radius 2 is 2.05 bits per heavy atom. The molecule has 1 saturated carbocycles. The predicted octanol–water partition coefficient (Wildman–Crippen LogP) is 0.856. The van der Waals surface area contributed by atoms with Crippen LogP contribution in [0, 0.1) is 5.92 Å². The summed E-state index contributed by atoms with van der Waals surface area (Å²) in [4.78, 5) is 23.2. The number of hydrogen-bond acceptors (Lipinski definition) is 4. The van der Waals surface area contributed by atoms with Gasteiger partial charge < -0.3 is 15.2 Å². The van der Waals surface area contributed by atoms with E-state index in [1.165, 1.54) is 0 Å². The molecule has 1 aliphatic carbocycles. The average molecular weight is 293 g/mol. The molecule has 0 spiro atoms. The van der Waals surface area contributed by atoms with Gasteiger partial charge in [0.15, 0.2) is 5.69 Å². The number of aromatic amines is 1. The summed E-state index contributed by atoms with van der Waals surface area (Å²) in [6, 6.07) is 0.0324. The van der Waals surface area contributed by atoms with Gasteiger partial charge in [0.25, 0.3) is 5.91 Å². The van der Waals surface area contributed by atoms with Gasteiger partial charge in [-0.25, -0.2) is 0 Å². The van der Waals surface area contributed by atoms with Gasteiger partial charge >= 0.3 is 5.97 Å². The van der Waals surface area contributed by atoms with Gasteiger partial charge in [-0.15, -0.1) is 0 Å². The maximum absolute atomic E-state index is 12.3. The fourth-order valence-electron chi connectivity index (χ4n) is 3.04. The van der Waals surface area contributed by atoms with Crippen LogP contribution in [0.1, 0.15) is 47.4 Å². The van der Waals surface area contributed by atoms with Crippen molar-refractivity contribution in [3.8, 4) is 0 Å². The van der Waals surface area contributed by atoms with Crippen molar-refractivity contribution in [2.24, 2.45) is 5.92 Å². The number of nitrogens with zero attached hydrogens (tertiary/aromatic N) is 1. The molecule has 0 atom stereocenters. The van der Waals surface area contributed by atoms with Gasteiger partial charge in [-0.2, -0.15) is 5.10 Å². The third-order valence-electron chi connectivity index (χ3n) is 4.32. The molecule has 7 nitrogen and oxygen atoms in total. The summed E-state index contributed by atoms with van der Waals surface area (Å²) < 4.78 is 5.37. The van der Waals surface area contributed by atoms with Crippen molar-refractivity contribution in [2.75, 3.05) is 6.61 Å². The first kappa shape index (κ1) is 14.1. The van der Waals surface area contributed by atoms with E-state index in [-0.39, 0.29) is 17.9 Å². The monoisotopic (exact) mass is 293 g/mol. The number of rotatable bonds is 3. The number of amides is 1. The Morgan fingerprint density at radius 1 is 1.29 bits per heavy atom. The van der Waals surface area contributed by atoms with Crippen LogP contribution in [0.4, 0.5) is 0 Å². The van der Waals surface area contributed by atoms with Crippen molar-refractivity contribution >= 4 is 11.9 Å². The van der Waals surface area contributed by atoms with Crippen LogP contribution in [0.3, 0.4) is 0 Å². The Morgan fingerprint density at radius 3 is 2.76 bits per heavy atom. The number of carboxylic acids is 1. The van der Waals surface area contributed by atoms with Crippen molar-refractivity contribution in [3.63, 3.8) is 0 Å². The predicted molar refractivity (Wildman–Crippen MR) is 72.8 cm³/mol. The van der Waals surface area contributed by atoms with E-state index >= 15 is 0 Å². The van der Waals surface area contributed by atoms with Crippen molar-refractivity contribution < 1.29 is 19.4 Å². The lowest BCUT2D eigenvalue weighted by atomic mass is 9.86. The molecule has 0 radical (unpaired) electrons. The molecule has 0 unspecified atom stereocenters. The number of nitrogens with one attached hydrogen (secondary N) is 2. The standard InChI is InChI=1S/C14H19N3O4/c18-13(12-10-7-21-6-5-11(10)16-17-12)15-9-3-1-8(2-4-9)14(19)20/h8-9H,1-7H2,(H,15,18)(H,16,17)(H,19,20). The number of H-pyrrole nitrogens is 1. The van der Waals surface area contributed by atoms with Crippen molar-refractivity contribution in [2.45, 2.75) is 44.8 Å². The van der Waals surface area contributed by atoms with E-state index in [1.807, 2.05) is 0 Å². The molecule has 114 valence electrons. The van der Waals surface area contributed by atoms with Gasteiger partial charge in [0.1, 0.15) is 0 Å². The highest BCUT2D eigenvalue weighted by molar-refractivity contribution is 5.94. The van der Waals surface area contributed by atoms with Crippen LogP contribution in [0.15, 0.2) is 0 Å². The first-order valence-electron chi connectivity index (χ1n) is 7.32. The molecule has 0 saturated heterocycles. The van der Waals surface area contributed by atoms with Gasteiger partial charge in [0, 0.05) is 23.7 Å². The van der Waals surface area contributed by atoms with Crippen LogP contribution in [0.25, 0.3) is 0 Å². The van der Waals surface area contributed by atoms with E-state index < -0.39 is 5.97 Å². The van der Waals surface area contributed by atoms with Crippen LogP contribution in [-0.4, -0.2) is 39.8 Å². The van der Waals surface area contributed by atoms with Crippen LogP contribution in [0.2, 0.25) is 0 Å². The maximum atomic E-state index is 12.3. The van der Waals surface area contributed by atoms with Crippen molar-refractivity contribution in [1.29, 1.82) is 0 Å². The van der Waals surface area contributed by atoms with Gasteiger partial charge in [0.05, 0.1) is 19.1 Å². The zero-order chi connectivity index (χ0) is 14.8. The molecule has 0 bridgehead atoms. The lowest BCUT2D eigenvalue weighted by Gasteiger charge is -2.26. The van der Waals surface area contributed by atoms with Crippen molar-refractivity contribution in [1.82, 2.24) is 15.5 Å². The number of aliphatic carboxylic acids is 1. The zero-order valence-corrected chi connectivity index (χ0v) is 11.7. The number of aromatic nitrogens is 2. The van der Waals surface area contributed by atoms with Crippen LogP contribution in [0.5, 0.6) is 0 Å². The molecular formula is C14H19N3O4. The average Bonchev–Trinajstić information content (AvgIpc) is 2.92. The largest absolute Gasteiger partial charge is 0.481 e. The van der Waals surface area contributed by atoms with Crippen LogP contribution in [-0.2, 0) is 22.6 Å². The lowest BCUT2D eigenvalue weighted by molar-refractivity contribution is -0.142. The Labute approximate surface area is 122 Å². The van der Waals surface area contributed by atoms with E-state index in [1.54, 1.807) is 0 Å². The summed E-state index contributed by atoms with van der Waals surface area (Å²) in [5.74, 6) is -1.21. The van der Waals surface area contributed by atoms with Gasteiger partial charge in [-0.05, 0) is 25.7 Å². The smallest absolute Gasteiger partial charge is 0.306 e. The molecule has 1 aliphatic heterocycles. The lowest BCUT2D eigenvalue weighted by Crippen LogP contribution is -2.39. The summed E-state index contributed by atoms with van der Waals surface area (Å²) in [6.45, 7) is 1.07. The van der Waals surface area contributed by atoms with Gasteiger partial charge in [-0.3, -0.25) is 14.7 Å². The summed E-state index contributed by atoms with van der Waals surface area (Å²) in [6.07, 6.45) is 3.38. The molecule has 2 aliphatic rings. The number of carbonyl (C=O) groups excluding carboxylic acids is 1. The molecule has 21 heavy (non-hydrogen) atoms. The highest BCUT2D eigenvalue weighted by atomic mass is 16.5. The number of carboxylic acid groups (broad SMARTS) is 1. The number of ether oxygens (including phenoxy) is 1. The fourth-order valence-corrected chi connectivity index (χ4v) is 3.04. The maximum Gasteiger partial charge on any atom is 0.306 e. The molecule has 1 fully saturated rings. The van der Waals surface area contributed by atoms with Crippen molar-refractivity contribution in [3.05, 3.63) is 17.0 Å². The molecule has 3 N–H and O–H groups in total. The fraction of sp³-hybridized carbons (Fsp3) is 0.643. The molecular weight excluding hydrogens is 274 g/mol. The third kappa shape index (κ3) is 2.92. The second-order valence-electron chi connectivity index (χ2n) is 5.69. The Bertz CT molecular complexity index is 546. The number of hydrogen-bond donors (Lipinski definition) is 3. The third-order valence-corrected chi connectivity index (χ3v) is 4.32. The molecule has 2 heterocycles. The van der Waals surface area contributed by atoms with E-state index in [0.29, 0.717) is 44.6 Å². The summed E-state index contributed by atoms with van der Waals surface area (Å²) in [7, 11) is 0. The minimum Gasteiger partial charge on any atom is -0.481 e. The van der Waals surface area contributed by atoms with E-state index in [2.05, 4.69) is 15.5 Å². The van der Waals surface area contributed by atoms with Gasteiger partial charge in [-0.1, -0.05) is 0 Å². The molecule has 1 amide bonds. The Hall–Kier alpha value is -1.89. The molecule has 1 aromatic rings. The molecule has 0 aromatic carbocycles. The minimum absolute atomic E-state index is 0.0324. The minimum atomic E-state index is -0.738. The first-order valence-corrected chi connectivity index (χ1v) is 7.32. The zero-order valence-electron chi connectivity index (χ0n) is 11.7. The molecule has 7 heteroatoms. The quantitative estimate of drug-likeness (QED) is 0.766. The summed E-state index contributed by atoms with van der Waals surface area (Å²) in [5.41, 5.74) is 2.23. The molecule has 3 rings (SSSR count). The van der Waals surface area contributed by atoms with E-state index in [4.69, 9.17) is 9.84 Å². The highest BCUT2D eigenvalue weighted by Gasteiger charge is 2.28. The first-order chi connectivity index (χ1) is 10.1.